The van der Waals surface area contributed by atoms with Crippen LogP contribution in [0.15, 0.2) is 47.2 Å². The topological polar surface area (TPSA) is 102 Å². The Morgan fingerprint density at radius 3 is 1.96 bits per heavy atom. The molecule has 4 aromatic rings. The summed E-state index contributed by atoms with van der Waals surface area (Å²) in [5, 5.41) is 4.82. The Kier molecular flexibility index (Phi) is 12.0. The van der Waals surface area contributed by atoms with Crippen molar-refractivity contribution in [1.82, 2.24) is 19.6 Å². The Bertz CT molecular complexity index is 1590. The maximum Gasteiger partial charge on any atom is 0.336 e. The van der Waals surface area contributed by atoms with Crippen molar-refractivity contribution in [2.45, 2.75) is 77.9 Å². The summed E-state index contributed by atoms with van der Waals surface area (Å²) < 4.78 is 38.0. The van der Waals surface area contributed by atoms with E-state index in [9.17, 15) is 0 Å². The third kappa shape index (κ3) is 8.68. The number of imidazole rings is 1. The Morgan fingerprint density at radius 1 is 0.894 bits per heavy atom. The van der Waals surface area contributed by atoms with Gasteiger partial charge in [-0.05, 0) is 64.7 Å². The van der Waals surface area contributed by atoms with Gasteiger partial charge in [0, 0.05) is 36.3 Å². The lowest BCUT2D eigenvalue weighted by Gasteiger charge is -2.37. The zero-order valence-corrected chi connectivity index (χ0v) is 31.8. The van der Waals surface area contributed by atoms with Crippen LogP contribution in [0.4, 0.5) is 5.82 Å². The summed E-state index contributed by atoms with van der Waals surface area (Å²) in [6.07, 6.45) is 3.21. The first-order valence-electron chi connectivity index (χ1n) is 15.7. The van der Waals surface area contributed by atoms with Crippen molar-refractivity contribution in [3.63, 3.8) is 0 Å². The first-order chi connectivity index (χ1) is 22.3. The molecular formula is C34H48BrN5O6Si. The van der Waals surface area contributed by atoms with Crippen LogP contribution in [-0.2, 0) is 17.5 Å². The second-order valence-electron chi connectivity index (χ2n) is 12.8. The highest BCUT2D eigenvalue weighted by Gasteiger charge is 2.38. The fourth-order valence-electron chi connectivity index (χ4n) is 4.83. The van der Waals surface area contributed by atoms with Gasteiger partial charge >= 0.3 is 6.01 Å². The molecule has 0 fully saturated rings. The number of ether oxygens (including phenoxy) is 5. The monoisotopic (exact) mass is 729 g/mol. The number of anilines is 1. The molecule has 0 radical (unpaired) electrons. The van der Waals surface area contributed by atoms with Gasteiger partial charge in [0.05, 0.1) is 41.2 Å². The summed E-state index contributed by atoms with van der Waals surface area (Å²) in [4.78, 5) is 11.8. The predicted molar refractivity (Wildman–Crippen MR) is 190 cm³/mol. The molecule has 47 heavy (non-hydrogen) atoms. The van der Waals surface area contributed by atoms with E-state index in [1.54, 1.807) is 39.2 Å². The van der Waals surface area contributed by atoms with Gasteiger partial charge in [-0.15, -0.1) is 5.10 Å². The standard InChI is InChI=1S/C34H48BrN5O6Si/c1-11-12-27(22-45-47(9,10)34(2,3)4)46-33-37-32(31-36-19-30(35)40(31)38-33)39(20-23-13-15-25(41-5)17-28(23)43-7)21-24-14-16-26(42-6)18-29(24)44-8/h13-19,27H,11-12,20-22H2,1-10H3. The maximum absolute atomic E-state index is 6.57. The minimum absolute atomic E-state index is 0.0829. The van der Waals surface area contributed by atoms with Gasteiger partial charge in [-0.1, -0.05) is 34.1 Å². The molecule has 1 atom stereocenters. The number of aromatic nitrogens is 4. The number of hydrogen-bond donors (Lipinski definition) is 0. The highest BCUT2D eigenvalue weighted by Crippen LogP contribution is 2.37. The second kappa shape index (κ2) is 15.6. The highest BCUT2D eigenvalue weighted by atomic mass is 79.9. The zero-order valence-electron chi connectivity index (χ0n) is 29.2. The predicted octanol–water partition coefficient (Wildman–Crippen LogP) is 7.70. The van der Waals surface area contributed by atoms with Crippen molar-refractivity contribution >= 4 is 35.7 Å². The average Bonchev–Trinajstić information content (AvgIpc) is 3.42. The van der Waals surface area contributed by atoms with Crippen molar-refractivity contribution in [2.75, 3.05) is 39.9 Å². The van der Waals surface area contributed by atoms with Crippen molar-refractivity contribution in [3.8, 4) is 29.0 Å². The van der Waals surface area contributed by atoms with E-state index in [0.29, 0.717) is 58.8 Å². The number of fused-ring (bicyclic) bond motifs is 1. The van der Waals surface area contributed by atoms with Crippen LogP contribution in [0.2, 0.25) is 18.1 Å². The van der Waals surface area contributed by atoms with E-state index in [1.807, 2.05) is 36.4 Å². The van der Waals surface area contributed by atoms with Crippen LogP contribution in [0, 0.1) is 0 Å². The molecule has 2 heterocycles. The van der Waals surface area contributed by atoms with Crippen LogP contribution in [0.25, 0.3) is 5.65 Å². The molecule has 13 heteroatoms. The number of hydrogen-bond acceptors (Lipinski definition) is 10. The van der Waals surface area contributed by atoms with Crippen LogP contribution in [0.3, 0.4) is 0 Å². The first kappa shape index (κ1) is 36.3. The molecule has 4 rings (SSSR count). The summed E-state index contributed by atoms with van der Waals surface area (Å²) >= 11 is 3.62. The third-order valence-corrected chi connectivity index (χ3v) is 13.7. The van der Waals surface area contributed by atoms with Gasteiger partial charge in [0.25, 0.3) is 0 Å². The maximum atomic E-state index is 6.57. The minimum Gasteiger partial charge on any atom is -0.497 e. The zero-order chi connectivity index (χ0) is 34.4. The molecule has 256 valence electrons. The summed E-state index contributed by atoms with van der Waals surface area (Å²) in [5.41, 5.74) is 2.42. The Morgan fingerprint density at radius 2 is 1.47 bits per heavy atom. The van der Waals surface area contributed by atoms with Crippen LogP contribution in [0.5, 0.6) is 29.0 Å². The molecular weight excluding hydrogens is 682 g/mol. The lowest BCUT2D eigenvalue weighted by atomic mass is 10.1. The summed E-state index contributed by atoms with van der Waals surface area (Å²) in [5.74, 6) is 3.36. The van der Waals surface area contributed by atoms with Crippen LogP contribution in [-0.4, -0.2) is 69.0 Å². The molecule has 0 aliphatic carbocycles. The number of benzene rings is 2. The molecule has 2 aromatic heterocycles. The summed E-state index contributed by atoms with van der Waals surface area (Å²) in [6, 6.07) is 11.8. The fourth-order valence-corrected chi connectivity index (χ4v) is 6.22. The van der Waals surface area contributed by atoms with Crippen LogP contribution >= 0.6 is 15.9 Å². The fraction of sp³-hybridized carbons (Fsp3) is 0.500. The van der Waals surface area contributed by atoms with E-state index in [4.69, 9.17) is 38.2 Å². The number of rotatable bonds is 16. The summed E-state index contributed by atoms with van der Waals surface area (Å²) in [7, 11) is 4.57. The minimum atomic E-state index is -2.00. The van der Waals surface area contributed by atoms with Gasteiger partial charge in [0.2, 0.25) is 0 Å². The SMILES string of the molecule is CCCC(CO[Si](C)(C)C(C)(C)C)Oc1nc(N(Cc2ccc(OC)cc2OC)Cc2ccc(OC)cc2OC)c2ncc(Br)n2n1. The van der Waals surface area contributed by atoms with E-state index in [1.165, 1.54) is 0 Å². The van der Waals surface area contributed by atoms with Gasteiger partial charge < -0.3 is 33.0 Å². The van der Waals surface area contributed by atoms with Gasteiger partial charge in [0.1, 0.15) is 33.7 Å². The van der Waals surface area contributed by atoms with Crippen LogP contribution < -0.4 is 28.6 Å². The molecule has 0 aliphatic rings. The second-order valence-corrected chi connectivity index (χ2v) is 18.5. The number of methoxy groups -OCH3 is 4. The highest BCUT2D eigenvalue weighted by molar-refractivity contribution is 9.10. The molecule has 0 aliphatic heterocycles. The van der Waals surface area contributed by atoms with E-state index in [0.717, 1.165) is 24.0 Å². The molecule has 0 bridgehead atoms. The average molecular weight is 731 g/mol. The Balaban J connectivity index is 1.80. The van der Waals surface area contributed by atoms with E-state index in [-0.39, 0.29) is 17.2 Å². The molecule has 1 unspecified atom stereocenters. The number of halogens is 1. The normalized spacial score (nSPS) is 12.6. The van der Waals surface area contributed by atoms with E-state index >= 15 is 0 Å². The van der Waals surface area contributed by atoms with Crippen LogP contribution in [0.1, 0.15) is 51.7 Å². The molecule has 0 saturated carbocycles. The molecule has 0 N–H and O–H groups in total. The van der Waals surface area contributed by atoms with Crippen molar-refractivity contribution < 1.29 is 28.1 Å². The molecule has 2 aromatic carbocycles. The van der Waals surface area contributed by atoms with Crippen molar-refractivity contribution in [3.05, 3.63) is 58.3 Å². The van der Waals surface area contributed by atoms with E-state index in [2.05, 4.69) is 66.6 Å². The molecule has 0 amide bonds. The quantitative estimate of drug-likeness (QED) is 0.107. The third-order valence-electron chi connectivity index (χ3n) is 8.61. The van der Waals surface area contributed by atoms with Gasteiger partial charge in [-0.2, -0.15) is 9.50 Å². The largest absolute Gasteiger partial charge is 0.497 e. The smallest absolute Gasteiger partial charge is 0.336 e. The van der Waals surface area contributed by atoms with Gasteiger partial charge in [0.15, 0.2) is 19.8 Å². The van der Waals surface area contributed by atoms with Crippen molar-refractivity contribution in [1.29, 1.82) is 0 Å². The molecule has 0 saturated heterocycles. The first-order valence-corrected chi connectivity index (χ1v) is 19.4. The Labute approximate surface area is 287 Å². The Hall–Kier alpha value is -3.55. The van der Waals surface area contributed by atoms with Crippen molar-refractivity contribution in [2.24, 2.45) is 0 Å². The molecule has 0 spiro atoms. The molecule has 11 nitrogen and oxygen atoms in total. The lowest BCUT2D eigenvalue weighted by Crippen LogP contribution is -2.43. The van der Waals surface area contributed by atoms with E-state index < -0.39 is 8.32 Å². The number of nitrogens with zero attached hydrogens (tertiary/aromatic N) is 5. The summed E-state index contributed by atoms with van der Waals surface area (Å²) in [6.45, 7) is 14.6. The van der Waals surface area contributed by atoms with Gasteiger partial charge in [-0.3, -0.25) is 0 Å². The lowest BCUT2D eigenvalue weighted by molar-refractivity contribution is 0.102. The van der Waals surface area contributed by atoms with Gasteiger partial charge in [-0.25, -0.2) is 4.98 Å².